The molecule has 15 rings (SSSR count). The first-order chi connectivity index (χ1) is 51.9. The first kappa shape index (κ1) is 73.0. The molecule has 3 amide bonds. The molecule has 0 atom stereocenters. The number of carbonyl (C=O) groups excluding carboxylic acids is 3. The number of hydrogen-bond acceptors (Lipinski definition) is 22. The Bertz CT molecular complexity index is 4700. The summed E-state index contributed by atoms with van der Waals surface area (Å²) in [6.07, 6.45) is 5.23. The second-order valence-electron chi connectivity index (χ2n) is 24.5. The molecule has 0 radical (unpaired) electrons. The van der Waals surface area contributed by atoms with Gasteiger partial charge in [-0.15, -0.1) is 16.4 Å². The normalized spacial score (nSPS) is 13.8. The Morgan fingerprint density at radius 1 is 0.449 bits per heavy atom. The predicted octanol–water partition coefficient (Wildman–Crippen LogP) is 11.1. The SMILES string of the molecule is Cc1nc(N2CCN(C(=O)Cn3nc(-c4ccc(OC(F)F)cn4)cc3-c3ccccc3)CC2)no1.Cc1nc2c(s1)CCN(C(=O)Cn1nc(-c3ccc(OC(F)F)cn3)cc1-c1ccccc1)CC2.Cc1nnc(N2CCN(C(=O)Cn3nc(-c4ccc(OC(F)F)cn4)cc3-c3ccccc3)CC2)o1. The van der Waals surface area contributed by atoms with Gasteiger partial charge in [-0.2, -0.15) is 46.6 Å². The molecule has 27 nitrogen and oxygen atoms in total. The zero-order valence-electron chi connectivity index (χ0n) is 57.9. The van der Waals surface area contributed by atoms with Crippen LogP contribution in [-0.4, -0.2) is 187 Å². The quantitative estimate of drug-likeness (QED) is 0.0641. The summed E-state index contributed by atoms with van der Waals surface area (Å²) in [6.45, 7) is 2.58. The first-order valence-electron chi connectivity index (χ1n) is 33.9. The van der Waals surface area contributed by atoms with E-state index in [1.54, 1.807) is 67.2 Å². The minimum absolute atomic E-state index is 0.0163. The summed E-state index contributed by atoms with van der Waals surface area (Å²) in [5, 5.41) is 26.8. The third kappa shape index (κ3) is 18.6. The van der Waals surface area contributed by atoms with Crippen LogP contribution in [0.3, 0.4) is 0 Å². The van der Waals surface area contributed by atoms with Gasteiger partial charge in [0.1, 0.15) is 54.0 Å². The van der Waals surface area contributed by atoms with E-state index in [0.29, 0.717) is 123 Å². The van der Waals surface area contributed by atoms with Gasteiger partial charge in [0.25, 0.3) is 5.95 Å². The Morgan fingerprint density at radius 3 is 1.20 bits per heavy atom. The number of anilines is 2. The number of rotatable bonds is 20. The van der Waals surface area contributed by atoms with Crippen LogP contribution in [-0.2, 0) is 46.9 Å². The van der Waals surface area contributed by atoms with Crippen molar-refractivity contribution < 1.29 is 63.9 Å². The standard InChI is InChI=1S/C25H23F2N5O2S.2C24H23F2N7O3/c1-16-29-20-9-11-31(12-10-23(20)35-16)24(33)15-32-22(17-5-3-2-4-6-17)13-21(30-32)19-8-7-18(14-28-19)34-25(26)27;1-16-28-29-24(35-16)32-11-9-31(10-12-32)22(34)15-33-21(17-5-3-2-4-6-17)13-20(30-33)19-8-7-18(14-27-19)36-23(25)26;1-16-28-24(30-36-16)32-11-9-31(10-12-32)22(34)15-33-21(17-5-3-2-4-6-17)13-20(29-33)19-8-7-18(14-27-19)35-23(25)26/h2-8,13-14,25H,9-12,15H2,1H3;2*2-8,13-14,23H,9-12,15H2,1H3. The van der Waals surface area contributed by atoms with Crippen LogP contribution in [0.5, 0.6) is 17.2 Å². The van der Waals surface area contributed by atoms with Gasteiger partial charge in [-0.05, 0) is 83.4 Å². The third-order valence-corrected chi connectivity index (χ3v) is 18.5. The topological polar surface area (TPSA) is 278 Å². The fraction of sp³-hybridized carbons (Fsp3) is 0.288. The fourth-order valence-corrected chi connectivity index (χ4v) is 13.2. The highest BCUT2D eigenvalue weighted by atomic mass is 32.1. The first-order valence-corrected chi connectivity index (χ1v) is 34.7. The van der Waals surface area contributed by atoms with Crippen LogP contribution in [0.25, 0.3) is 67.9 Å². The molecule has 12 heterocycles. The summed E-state index contributed by atoms with van der Waals surface area (Å²) in [7, 11) is 0. The number of amides is 3. The van der Waals surface area contributed by atoms with E-state index in [0.717, 1.165) is 57.3 Å². The minimum atomic E-state index is -2.93. The molecular formula is C73H69F6N19O8S. The largest absolute Gasteiger partial charge is 0.433 e. The molecule has 0 N–H and O–H groups in total. The maximum absolute atomic E-state index is 13.3. The number of nitrogens with zero attached hydrogens (tertiary/aromatic N) is 19. The van der Waals surface area contributed by atoms with Crippen molar-refractivity contribution in [1.82, 2.24) is 84.3 Å². The number of thiazole rings is 1. The van der Waals surface area contributed by atoms with E-state index in [9.17, 15) is 40.7 Å². The molecule has 107 heavy (non-hydrogen) atoms. The number of carbonyl (C=O) groups is 3. The second kappa shape index (κ2) is 33.6. The summed E-state index contributed by atoms with van der Waals surface area (Å²) < 4.78 is 103. The molecule has 0 aliphatic carbocycles. The van der Waals surface area contributed by atoms with Gasteiger partial charge in [0.15, 0.2) is 0 Å². The predicted molar refractivity (Wildman–Crippen MR) is 379 cm³/mol. The van der Waals surface area contributed by atoms with Crippen molar-refractivity contribution in [2.24, 2.45) is 0 Å². The van der Waals surface area contributed by atoms with Crippen molar-refractivity contribution >= 4 is 41.0 Å². The lowest BCUT2D eigenvalue weighted by molar-refractivity contribution is -0.133. The zero-order valence-corrected chi connectivity index (χ0v) is 58.7. The van der Waals surface area contributed by atoms with Crippen LogP contribution in [0.4, 0.5) is 38.3 Å². The van der Waals surface area contributed by atoms with Gasteiger partial charge < -0.3 is 47.7 Å². The van der Waals surface area contributed by atoms with E-state index in [-0.39, 0.29) is 54.6 Å². The lowest BCUT2D eigenvalue weighted by Gasteiger charge is -2.34. The molecule has 0 saturated carbocycles. The van der Waals surface area contributed by atoms with Gasteiger partial charge >= 0.3 is 25.8 Å². The van der Waals surface area contributed by atoms with Crippen LogP contribution >= 0.6 is 11.3 Å². The van der Waals surface area contributed by atoms with Crippen LogP contribution < -0.4 is 24.0 Å². The van der Waals surface area contributed by atoms with Gasteiger partial charge in [-0.1, -0.05) is 96.1 Å². The van der Waals surface area contributed by atoms with E-state index < -0.39 is 19.8 Å². The number of halogens is 6. The molecule has 2 saturated heterocycles. The highest BCUT2D eigenvalue weighted by Gasteiger charge is 2.29. The van der Waals surface area contributed by atoms with Crippen LogP contribution in [0, 0.1) is 20.8 Å². The Hall–Kier alpha value is -12.4. The van der Waals surface area contributed by atoms with Crippen molar-refractivity contribution in [3.05, 3.63) is 192 Å². The number of aromatic nitrogens is 14. The van der Waals surface area contributed by atoms with E-state index in [2.05, 4.69) is 69.8 Å². The molecule has 552 valence electrons. The number of hydrogen-bond donors (Lipinski definition) is 0. The summed E-state index contributed by atoms with van der Waals surface area (Å²) in [6, 6.07) is 43.7. The second-order valence-corrected chi connectivity index (χ2v) is 25.8. The van der Waals surface area contributed by atoms with E-state index in [1.807, 2.05) is 131 Å². The Balaban J connectivity index is 0.000000142. The molecule has 0 unspecified atom stereocenters. The van der Waals surface area contributed by atoms with Crippen LogP contribution in [0.2, 0.25) is 0 Å². The van der Waals surface area contributed by atoms with E-state index >= 15 is 0 Å². The molecule has 3 aliphatic heterocycles. The number of alkyl halides is 6. The molecule has 0 bridgehead atoms. The molecule has 2 fully saturated rings. The van der Waals surface area contributed by atoms with Crippen molar-refractivity contribution in [3.8, 4) is 85.2 Å². The molecular weight excluding hydrogens is 1420 g/mol. The molecule has 3 aromatic carbocycles. The van der Waals surface area contributed by atoms with Gasteiger partial charge in [0.2, 0.25) is 29.5 Å². The monoisotopic (exact) mass is 1490 g/mol. The van der Waals surface area contributed by atoms with Crippen molar-refractivity contribution in [2.75, 3.05) is 75.2 Å². The zero-order chi connectivity index (χ0) is 74.5. The number of ether oxygens (including phenoxy) is 3. The van der Waals surface area contributed by atoms with E-state index in [4.69, 9.17) is 8.94 Å². The average molecular weight is 1490 g/mol. The summed E-state index contributed by atoms with van der Waals surface area (Å²) in [5.74, 6) is 1.26. The number of fused-ring (bicyclic) bond motifs is 1. The lowest BCUT2D eigenvalue weighted by Crippen LogP contribution is -2.50. The summed E-state index contributed by atoms with van der Waals surface area (Å²) >= 11 is 1.70. The summed E-state index contributed by atoms with van der Waals surface area (Å²) in [4.78, 5) is 71.8. The molecule has 34 heteroatoms. The maximum atomic E-state index is 13.3. The van der Waals surface area contributed by atoms with Crippen LogP contribution in [0.1, 0.15) is 27.4 Å². The van der Waals surface area contributed by atoms with Gasteiger partial charge in [-0.25, -0.2) is 4.98 Å². The molecule has 12 aromatic rings. The molecule has 3 aliphatic rings. The number of benzene rings is 3. The summed E-state index contributed by atoms with van der Waals surface area (Å²) in [5.41, 5.74) is 9.06. The fourth-order valence-electron chi connectivity index (χ4n) is 12.2. The van der Waals surface area contributed by atoms with Gasteiger partial charge in [0, 0.05) is 97.0 Å². The van der Waals surface area contributed by atoms with Crippen LogP contribution in [0.15, 0.2) is 173 Å². The Labute approximate surface area is 611 Å². The van der Waals surface area contributed by atoms with E-state index in [1.165, 1.54) is 41.7 Å². The number of pyridine rings is 3. The van der Waals surface area contributed by atoms with Gasteiger partial charge in [-0.3, -0.25) is 43.4 Å². The van der Waals surface area contributed by atoms with Crippen molar-refractivity contribution in [2.45, 2.75) is 73.1 Å². The number of piperazine rings is 2. The molecule has 0 spiro atoms. The maximum Gasteiger partial charge on any atom is 0.387 e. The van der Waals surface area contributed by atoms with Crippen molar-refractivity contribution in [3.63, 3.8) is 0 Å². The Morgan fingerprint density at radius 2 is 0.841 bits per heavy atom. The van der Waals surface area contributed by atoms with Crippen molar-refractivity contribution in [1.29, 1.82) is 0 Å². The van der Waals surface area contributed by atoms with Gasteiger partial charge in [0.05, 0.1) is 63.5 Å². The highest BCUT2D eigenvalue weighted by Crippen LogP contribution is 2.32. The minimum Gasteiger partial charge on any atom is -0.433 e. The highest BCUT2D eigenvalue weighted by molar-refractivity contribution is 7.11. The Kier molecular flexibility index (Phi) is 22.9. The number of aryl methyl sites for hydroxylation is 3. The smallest absolute Gasteiger partial charge is 0.387 e. The lowest BCUT2D eigenvalue weighted by atomic mass is 10.1. The third-order valence-electron chi connectivity index (χ3n) is 17.4. The molecule has 9 aromatic heterocycles. The average Bonchev–Trinajstić information content (AvgIpc) is 1.67.